The molecule has 0 spiro atoms. The summed E-state index contributed by atoms with van der Waals surface area (Å²) in [5, 5.41) is 0. The highest BCUT2D eigenvalue weighted by Crippen LogP contribution is 2.55. The summed E-state index contributed by atoms with van der Waals surface area (Å²) < 4.78 is 24.6. The fourth-order valence-electron chi connectivity index (χ4n) is 4.52. The third-order valence-electron chi connectivity index (χ3n) is 5.94. The van der Waals surface area contributed by atoms with E-state index in [1.54, 1.807) is 7.11 Å². The lowest BCUT2D eigenvalue weighted by Gasteiger charge is -2.33. The van der Waals surface area contributed by atoms with E-state index in [0.717, 1.165) is 16.9 Å². The van der Waals surface area contributed by atoms with Crippen molar-refractivity contribution in [2.45, 2.75) is 43.7 Å². The van der Waals surface area contributed by atoms with Crippen LogP contribution in [0.25, 0.3) is 0 Å². The maximum atomic E-state index is 6.68. The highest BCUT2D eigenvalue weighted by molar-refractivity contribution is 5.35. The number of rotatable bonds is 3. The summed E-state index contributed by atoms with van der Waals surface area (Å²) >= 11 is 0. The van der Waals surface area contributed by atoms with Crippen molar-refractivity contribution in [3.05, 3.63) is 65.7 Å². The predicted octanol–water partition coefficient (Wildman–Crippen LogP) is 3.20. The third kappa shape index (κ3) is 2.06. The molecule has 0 N–H and O–H groups in total. The van der Waals surface area contributed by atoms with Gasteiger partial charge in [-0.25, -0.2) is 4.90 Å². The normalized spacial score (nSPS) is 38.5. The van der Waals surface area contributed by atoms with Crippen LogP contribution in [0, 0.1) is 0 Å². The zero-order chi connectivity index (χ0) is 17.9. The fourth-order valence-corrected chi connectivity index (χ4v) is 4.52. The topological polar surface area (TPSA) is 40.2 Å². The van der Waals surface area contributed by atoms with Gasteiger partial charge in [-0.2, -0.15) is 0 Å². The number of methoxy groups -OCH3 is 1. The molecule has 2 aromatic carbocycles. The summed E-state index contributed by atoms with van der Waals surface area (Å²) in [7, 11) is 1.68. The molecule has 26 heavy (non-hydrogen) atoms. The molecule has 5 atom stereocenters. The minimum atomic E-state index is -0.590. The molecule has 0 aromatic heterocycles. The Bertz CT molecular complexity index is 828. The first-order chi connectivity index (χ1) is 12.6. The molecule has 0 radical (unpaired) electrons. The molecule has 0 amide bonds. The van der Waals surface area contributed by atoms with Crippen molar-refractivity contribution >= 4 is 0 Å². The third-order valence-corrected chi connectivity index (χ3v) is 5.94. The van der Waals surface area contributed by atoms with Gasteiger partial charge in [-0.1, -0.05) is 42.5 Å². The quantitative estimate of drug-likeness (QED) is 0.847. The first kappa shape index (κ1) is 16.3. The van der Waals surface area contributed by atoms with E-state index in [2.05, 4.69) is 36.9 Å². The minimum Gasteiger partial charge on any atom is -0.497 e. The number of hydrogen-bond acceptors (Lipinski definition) is 5. The molecular formula is C21H23NO4. The van der Waals surface area contributed by atoms with Crippen LogP contribution in [0.4, 0.5) is 0 Å². The average molecular weight is 353 g/mol. The second kappa shape index (κ2) is 5.54. The van der Waals surface area contributed by atoms with Crippen LogP contribution in [0.15, 0.2) is 54.6 Å². The summed E-state index contributed by atoms with van der Waals surface area (Å²) in [5.41, 5.74) is 1.04. The van der Waals surface area contributed by atoms with Gasteiger partial charge in [0, 0.05) is 0 Å². The van der Waals surface area contributed by atoms with Gasteiger partial charge in [0.05, 0.1) is 13.7 Å². The molecular weight excluding hydrogens is 330 g/mol. The van der Waals surface area contributed by atoms with Gasteiger partial charge >= 0.3 is 0 Å². The molecule has 5 rings (SSSR count). The van der Waals surface area contributed by atoms with Crippen LogP contribution in [0.1, 0.15) is 25.0 Å². The van der Waals surface area contributed by atoms with Gasteiger partial charge in [0.1, 0.15) is 35.6 Å². The van der Waals surface area contributed by atoms with Crippen LogP contribution in [0.3, 0.4) is 0 Å². The van der Waals surface area contributed by atoms with Gasteiger partial charge in [-0.05, 0) is 37.1 Å². The van der Waals surface area contributed by atoms with Gasteiger partial charge < -0.3 is 18.9 Å². The summed E-state index contributed by atoms with van der Waals surface area (Å²) in [4.78, 5) is 2.24. The first-order valence-corrected chi connectivity index (χ1v) is 9.01. The van der Waals surface area contributed by atoms with Gasteiger partial charge in [0.15, 0.2) is 0 Å². The molecule has 3 heterocycles. The van der Waals surface area contributed by atoms with Crippen LogP contribution < -0.4 is 4.74 Å². The Hall–Kier alpha value is -1.92. The summed E-state index contributed by atoms with van der Waals surface area (Å²) in [6.07, 6.45) is -0.489. The Labute approximate surface area is 153 Å². The molecule has 3 aliphatic rings. The molecule has 0 saturated carbocycles. The second-order valence-corrected chi connectivity index (χ2v) is 7.49. The Morgan fingerprint density at radius 3 is 2.42 bits per heavy atom. The summed E-state index contributed by atoms with van der Waals surface area (Å²) in [6.45, 7) is 4.75. The van der Waals surface area contributed by atoms with Gasteiger partial charge in [0.25, 0.3) is 0 Å². The lowest BCUT2D eigenvalue weighted by molar-refractivity contribution is -0.138. The molecule has 3 aliphatic heterocycles. The minimum absolute atomic E-state index is 0.0948. The molecule has 0 unspecified atom stereocenters. The maximum absolute atomic E-state index is 6.68. The van der Waals surface area contributed by atoms with Crippen molar-refractivity contribution in [1.82, 2.24) is 4.90 Å². The SMILES string of the molecule is COc1cccc([C@@]2(C)O[C@@H]3N4[C@H](CO[C@H]42)O[C@]3(C)c2ccccc2)c1. The van der Waals surface area contributed by atoms with Crippen molar-refractivity contribution in [1.29, 1.82) is 0 Å². The van der Waals surface area contributed by atoms with Crippen molar-refractivity contribution < 1.29 is 18.9 Å². The van der Waals surface area contributed by atoms with Crippen molar-refractivity contribution in [3.8, 4) is 5.75 Å². The van der Waals surface area contributed by atoms with E-state index < -0.39 is 11.2 Å². The number of benzene rings is 2. The van der Waals surface area contributed by atoms with E-state index in [1.807, 2.05) is 36.4 Å². The van der Waals surface area contributed by atoms with Crippen LogP contribution in [0.5, 0.6) is 5.75 Å². The van der Waals surface area contributed by atoms with Crippen molar-refractivity contribution in [2.24, 2.45) is 0 Å². The van der Waals surface area contributed by atoms with E-state index >= 15 is 0 Å². The molecule has 5 heteroatoms. The average Bonchev–Trinajstić information content (AvgIpc) is 3.31. The number of ether oxygens (including phenoxy) is 4. The molecule has 3 saturated heterocycles. The first-order valence-electron chi connectivity index (χ1n) is 9.01. The Morgan fingerprint density at radius 2 is 1.65 bits per heavy atom. The van der Waals surface area contributed by atoms with Gasteiger partial charge in [-0.15, -0.1) is 0 Å². The highest BCUT2D eigenvalue weighted by atomic mass is 16.7. The maximum Gasteiger partial charge on any atom is 0.149 e. The van der Waals surface area contributed by atoms with E-state index in [0.29, 0.717) is 6.61 Å². The number of hydrogen-bond donors (Lipinski definition) is 0. The van der Waals surface area contributed by atoms with E-state index in [1.165, 1.54) is 0 Å². The molecule has 136 valence electrons. The fraction of sp³-hybridized carbons (Fsp3) is 0.429. The highest BCUT2D eigenvalue weighted by Gasteiger charge is 2.68. The van der Waals surface area contributed by atoms with Gasteiger partial charge in [-0.3, -0.25) is 0 Å². The van der Waals surface area contributed by atoms with E-state index in [4.69, 9.17) is 18.9 Å². The van der Waals surface area contributed by atoms with E-state index in [9.17, 15) is 0 Å². The molecule has 3 fully saturated rings. The standard InChI is InChI=1S/C21H23NO4/c1-20(14-8-5-4-6-9-14)19-22-17(25-20)13-24-18(22)21(2,26-19)15-10-7-11-16(12-15)23-3/h4-12,17-19H,13H2,1-3H3/t17-,18-,19-,20+,21+/m0/s1. The van der Waals surface area contributed by atoms with Crippen LogP contribution in [-0.4, -0.2) is 37.3 Å². The molecule has 0 aliphatic carbocycles. The Kier molecular flexibility index (Phi) is 3.46. The summed E-state index contributed by atoms with van der Waals surface area (Å²) in [6, 6.07) is 18.3. The van der Waals surface area contributed by atoms with E-state index in [-0.39, 0.29) is 18.7 Å². The zero-order valence-corrected chi connectivity index (χ0v) is 15.2. The molecule has 0 bridgehead atoms. The largest absolute Gasteiger partial charge is 0.497 e. The Morgan fingerprint density at radius 1 is 0.923 bits per heavy atom. The summed E-state index contributed by atoms with van der Waals surface area (Å²) in [5.74, 6) is 0.816. The van der Waals surface area contributed by atoms with Gasteiger partial charge in [0.2, 0.25) is 0 Å². The van der Waals surface area contributed by atoms with Crippen LogP contribution in [-0.2, 0) is 25.4 Å². The van der Waals surface area contributed by atoms with Crippen LogP contribution in [0.2, 0.25) is 0 Å². The number of nitrogens with zero attached hydrogens (tertiary/aromatic N) is 1. The van der Waals surface area contributed by atoms with Crippen molar-refractivity contribution in [2.75, 3.05) is 13.7 Å². The molecule has 2 aromatic rings. The lowest BCUT2D eigenvalue weighted by atomic mass is 9.94. The van der Waals surface area contributed by atoms with Crippen molar-refractivity contribution in [3.63, 3.8) is 0 Å². The second-order valence-electron chi connectivity index (χ2n) is 7.49. The molecule has 5 nitrogen and oxygen atoms in total. The lowest BCUT2D eigenvalue weighted by Crippen LogP contribution is -2.40. The Balaban J connectivity index is 1.57. The monoisotopic (exact) mass is 353 g/mol. The predicted molar refractivity (Wildman–Crippen MR) is 95.5 cm³/mol. The smallest absolute Gasteiger partial charge is 0.149 e. The van der Waals surface area contributed by atoms with Crippen LogP contribution >= 0.6 is 0 Å². The zero-order valence-electron chi connectivity index (χ0n) is 15.2.